The van der Waals surface area contributed by atoms with Crippen LogP contribution in [0, 0.1) is 6.92 Å². The maximum Gasteiger partial charge on any atom is 0.129 e. The number of hydrogen-bond donors (Lipinski definition) is 2. The van der Waals surface area contributed by atoms with Gasteiger partial charge in [-0.3, -0.25) is 0 Å². The average Bonchev–Trinajstić information content (AvgIpc) is 2.66. The van der Waals surface area contributed by atoms with Crippen LogP contribution in [0.1, 0.15) is 22.2 Å². The molecule has 84 valence electrons. The highest BCUT2D eigenvalue weighted by atomic mass is 32.1. The van der Waals surface area contributed by atoms with Crippen molar-refractivity contribution in [2.75, 3.05) is 5.73 Å². The summed E-state index contributed by atoms with van der Waals surface area (Å²) in [5.41, 5.74) is 5.36. The first-order valence-electron chi connectivity index (χ1n) is 5.02. The van der Waals surface area contributed by atoms with Gasteiger partial charge in [-0.2, -0.15) is 0 Å². The first-order valence-corrected chi connectivity index (χ1v) is 5.83. The molecule has 4 heteroatoms. The second-order valence-corrected chi connectivity index (χ2v) is 5.21. The van der Waals surface area contributed by atoms with E-state index in [1.54, 1.807) is 36.6 Å². The SMILES string of the molecule is Cc1ccc(C(C)(O)c2cccnc2N)s1. The largest absolute Gasteiger partial charge is 0.383 e. The lowest BCUT2D eigenvalue weighted by Crippen LogP contribution is -2.23. The summed E-state index contributed by atoms with van der Waals surface area (Å²) in [7, 11) is 0. The number of nitrogen functional groups attached to an aromatic ring is 1. The fourth-order valence-corrected chi connectivity index (χ4v) is 2.59. The summed E-state index contributed by atoms with van der Waals surface area (Å²) in [6.07, 6.45) is 1.62. The zero-order valence-corrected chi connectivity index (χ0v) is 10.1. The molecule has 0 saturated carbocycles. The number of rotatable bonds is 2. The Morgan fingerprint density at radius 2 is 2.12 bits per heavy atom. The number of nitrogens with two attached hydrogens (primary N) is 1. The molecule has 0 aliphatic carbocycles. The minimum absolute atomic E-state index is 0.374. The van der Waals surface area contributed by atoms with Crippen LogP contribution in [0.5, 0.6) is 0 Å². The Morgan fingerprint density at radius 3 is 2.69 bits per heavy atom. The van der Waals surface area contributed by atoms with Crippen molar-refractivity contribution in [1.82, 2.24) is 4.98 Å². The van der Waals surface area contributed by atoms with E-state index in [0.717, 1.165) is 9.75 Å². The van der Waals surface area contributed by atoms with E-state index in [9.17, 15) is 5.11 Å². The number of hydrogen-bond acceptors (Lipinski definition) is 4. The van der Waals surface area contributed by atoms with E-state index in [-0.39, 0.29) is 0 Å². The molecular formula is C12H14N2OS. The van der Waals surface area contributed by atoms with Gasteiger partial charge in [-0.25, -0.2) is 4.98 Å². The molecule has 3 N–H and O–H groups in total. The topological polar surface area (TPSA) is 59.1 Å². The molecule has 2 rings (SSSR count). The fraction of sp³-hybridized carbons (Fsp3) is 0.250. The Kier molecular flexibility index (Phi) is 2.69. The van der Waals surface area contributed by atoms with Crippen molar-refractivity contribution in [3.8, 4) is 0 Å². The monoisotopic (exact) mass is 234 g/mol. The van der Waals surface area contributed by atoms with Crippen LogP contribution in [0.15, 0.2) is 30.5 Å². The summed E-state index contributed by atoms with van der Waals surface area (Å²) < 4.78 is 0. The van der Waals surface area contributed by atoms with E-state index >= 15 is 0 Å². The van der Waals surface area contributed by atoms with Crippen molar-refractivity contribution in [3.05, 3.63) is 45.8 Å². The smallest absolute Gasteiger partial charge is 0.129 e. The van der Waals surface area contributed by atoms with Crippen LogP contribution in [-0.2, 0) is 5.60 Å². The Labute approximate surface area is 98.6 Å². The van der Waals surface area contributed by atoms with Crippen LogP contribution < -0.4 is 5.73 Å². The summed E-state index contributed by atoms with van der Waals surface area (Å²) in [5.74, 6) is 0.374. The standard InChI is InChI=1S/C12H14N2OS/c1-8-5-6-10(16-8)12(2,15)9-4-3-7-14-11(9)13/h3-7,15H,1-2H3,(H2,13,14). The lowest BCUT2D eigenvalue weighted by Gasteiger charge is -2.23. The van der Waals surface area contributed by atoms with Gasteiger partial charge in [0.2, 0.25) is 0 Å². The lowest BCUT2D eigenvalue weighted by molar-refractivity contribution is 0.107. The molecule has 2 heterocycles. The molecule has 1 atom stereocenters. The Bertz CT molecular complexity index is 505. The highest BCUT2D eigenvalue weighted by molar-refractivity contribution is 7.12. The maximum atomic E-state index is 10.5. The van der Waals surface area contributed by atoms with Crippen molar-refractivity contribution in [3.63, 3.8) is 0 Å². The molecule has 0 aliphatic rings. The summed E-state index contributed by atoms with van der Waals surface area (Å²) in [4.78, 5) is 6.04. The van der Waals surface area contributed by atoms with Gasteiger partial charge in [0.25, 0.3) is 0 Å². The number of aromatic nitrogens is 1. The van der Waals surface area contributed by atoms with Crippen LogP contribution in [-0.4, -0.2) is 10.1 Å². The highest BCUT2D eigenvalue weighted by Crippen LogP contribution is 2.35. The average molecular weight is 234 g/mol. The third-order valence-electron chi connectivity index (χ3n) is 2.58. The summed E-state index contributed by atoms with van der Waals surface area (Å²) in [6, 6.07) is 7.49. The van der Waals surface area contributed by atoms with E-state index in [1.807, 2.05) is 19.1 Å². The van der Waals surface area contributed by atoms with Gasteiger partial charge in [-0.1, -0.05) is 6.07 Å². The van der Waals surface area contributed by atoms with Crippen molar-refractivity contribution in [2.24, 2.45) is 0 Å². The molecule has 1 unspecified atom stereocenters. The number of aryl methyl sites for hydroxylation is 1. The Balaban J connectivity index is 2.50. The van der Waals surface area contributed by atoms with Crippen LogP contribution in [0.25, 0.3) is 0 Å². The third kappa shape index (κ3) is 1.81. The van der Waals surface area contributed by atoms with Crippen LogP contribution in [0.2, 0.25) is 0 Å². The van der Waals surface area contributed by atoms with Gasteiger partial charge in [0.1, 0.15) is 11.4 Å². The van der Waals surface area contributed by atoms with Gasteiger partial charge in [0, 0.05) is 21.5 Å². The molecule has 3 nitrogen and oxygen atoms in total. The maximum absolute atomic E-state index is 10.5. The normalized spacial score (nSPS) is 14.7. The highest BCUT2D eigenvalue weighted by Gasteiger charge is 2.29. The second-order valence-electron chi connectivity index (χ2n) is 3.92. The number of thiophene rings is 1. The predicted molar refractivity (Wildman–Crippen MR) is 66.4 cm³/mol. The fourth-order valence-electron chi connectivity index (χ4n) is 1.66. The molecule has 16 heavy (non-hydrogen) atoms. The molecular weight excluding hydrogens is 220 g/mol. The Hall–Kier alpha value is -1.39. The number of pyridine rings is 1. The van der Waals surface area contributed by atoms with Gasteiger partial charge in [0.15, 0.2) is 0 Å². The number of nitrogens with zero attached hydrogens (tertiary/aromatic N) is 1. The van der Waals surface area contributed by atoms with E-state index in [2.05, 4.69) is 4.98 Å². The van der Waals surface area contributed by atoms with Crippen LogP contribution >= 0.6 is 11.3 Å². The molecule has 0 spiro atoms. The predicted octanol–water partition coefficient (Wildman–Crippen LogP) is 2.29. The van der Waals surface area contributed by atoms with Gasteiger partial charge in [0.05, 0.1) is 0 Å². The molecule has 0 radical (unpaired) electrons. The van der Waals surface area contributed by atoms with Crippen molar-refractivity contribution in [1.29, 1.82) is 0 Å². The molecule has 2 aromatic heterocycles. The first-order chi connectivity index (χ1) is 7.51. The lowest BCUT2D eigenvalue weighted by atomic mass is 9.95. The van der Waals surface area contributed by atoms with E-state index < -0.39 is 5.60 Å². The second kappa shape index (κ2) is 3.88. The zero-order chi connectivity index (χ0) is 11.8. The summed E-state index contributed by atoms with van der Waals surface area (Å²) >= 11 is 1.56. The van der Waals surface area contributed by atoms with E-state index in [1.165, 1.54) is 0 Å². The molecule has 0 amide bonds. The van der Waals surface area contributed by atoms with Gasteiger partial charge in [-0.05, 0) is 32.0 Å². The van der Waals surface area contributed by atoms with Crippen LogP contribution in [0.4, 0.5) is 5.82 Å². The van der Waals surface area contributed by atoms with Gasteiger partial charge in [-0.15, -0.1) is 11.3 Å². The van der Waals surface area contributed by atoms with E-state index in [0.29, 0.717) is 11.4 Å². The molecule has 0 aliphatic heterocycles. The van der Waals surface area contributed by atoms with Crippen molar-refractivity contribution < 1.29 is 5.11 Å². The molecule has 0 fully saturated rings. The number of anilines is 1. The molecule has 2 aromatic rings. The number of aliphatic hydroxyl groups is 1. The minimum atomic E-state index is -1.07. The zero-order valence-electron chi connectivity index (χ0n) is 9.27. The van der Waals surface area contributed by atoms with Crippen molar-refractivity contribution >= 4 is 17.2 Å². The third-order valence-corrected chi connectivity index (χ3v) is 3.79. The summed E-state index contributed by atoms with van der Waals surface area (Å²) in [5, 5.41) is 10.5. The molecule has 0 bridgehead atoms. The van der Waals surface area contributed by atoms with Gasteiger partial charge >= 0.3 is 0 Å². The van der Waals surface area contributed by atoms with E-state index in [4.69, 9.17) is 5.73 Å². The first kappa shape index (κ1) is 11.1. The Morgan fingerprint density at radius 1 is 1.38 bits per heavy atom. The summed E-state index contributed by atoms with van der Waals surface area (Å²) in [6.45, 7) is 3.75. The molecule has 0 saturated heterocycles. The quantitative estimate of drug-likeness (QED) is 0.838. The molecule has 0 aromatic carbocycles. The van der Waals surface area contributed by atoms with Crippen molar-refractivity contribution in [2.45, 2.75) is 19.4 Å². The minimum Gasteiger partial charge on any atom is -0.383 e. The van der Waals surface area contributed by atoms with Gasteiger partial charge < -0.3 is 10.8 Å². The van der Waals surface area contributed by atoms with Crippen LogP contribution in [0.3, 0.4) is 0 Å².